The summed E-state index contributed by atoms with van der Waals surface area (Å²) in [6, 6.07) is 10.1. The number of allylic oxidation sites excluding steroid dienone is 2. The van der Waals surface area contributed by atoms with E-state index in [1.54, 1.807) is 7.05 Å². The van der Waals surface area contributed by atoms with Crippen molar-refractivity contribution in [2.24, 2.45) is 4.99 Å². The average Bonchev–Trinajstić information content (AvgIpc) is 3.15. The first-order chi connectivity index (χ1) is 15.1. The van der Waals surface area contributed by atoms with Crippen molar-refractivity contribution in [3.05, 3.63) is 72.0 Å². The van der Waals surface area contributed by atoms with E-state index in [1.165, 1.54) is 11.1 Å². The number of nitrogens with zero attached hydrogens (tertiary/aromatic N) is 4. The van der Waals surface area contributed by atoms with Gasteiger partial charge in [-0.1, -0.05) is 55.1 Å². The number of hydrogen-bond donors (Lipinski definition) is 1. The van der Waals surface area contributed by atoms with Crippen LogP contribution in [0.1, 0.15) is 31.2 Å². The van der Waals surface area contributed by atoms with E-state index in [1.807, 2.05) is 41.6 Å². The van der Waals surface area contributed by atoms with E-state index in [0.717, 1.165) is 51.0 Å². The Labute approximate surface area is 186 Å². The number of amides is 1. The first-order valence-electron chi connectivity index (χ1n) is 11.1. The molecule has 1 amide bonds. The summed E-state index contributed by atoms with van der Waals surface area (Å²) in [6.45, 7) is 7.23. The Morgan fingerprint density at radius 1 is 1.29 bits per heavy atom. The highest BCUT2D eigenvalue weighted by Gasteiger charge is 2.33. The van der Waals surface area contributed by atoms with Crippen LogP contribution in [0.2, 0.25) is 0 Å². The zero-order chi connectivity index (χ0) is 22.1. The summed E-state index contributed by atoms with van der Waals surface area (Å²) in [5.41, 5.74) is 3.50. The lowest BCUT2D eigenvalue weighted by Gasteiger charge is -2.28. The predicted octanol–water partition coefficient (Wildman–Crippen LogP) is 3.36. The maximum Gasteiger partial charge on any atom is 0.254 e. The standard InChI is InChI=1S/C25H35N5O/c1-21(29(20-26-2)19-23-12-8-5-9-13-23)14-16-27-24-15-17-30(25(24)31)28(3)18-22-10-6-4-7-11-22/h4,6-8,10-13,20,24,27H,1,5,9,14-19H2,2-3H3/t24-/m0/s1. The zero-order valence-corrected chi connectivity index (χ0v) is 18.8. The topological polar surface area (TPSA) is 51.2 Å². The lowest BCUT2D eigenvalue weighted by molar-refractivity contribution is -0.143. The van der Waals surface area contributed by atoms with Gasteiger partial charge in [-0.05, 0) is 36.8 Å². The highest BCUT2D eigenvalue weighted by Crippen LogP contribution is 2.17. The second-order valence-corrected chi connectivity index (χ2v) is 8.13. The van der Waals surface area contributed by atoms with Gasteiger partial charge in [-0.2, -0.15) is 0 Å². The number of benzene rings is 1. The molecule has 1 aromatic carbocycles. The van der Waals surface area contributed by atoms with Gasteiger partial charge in [0.1, 0.15) is 0 Å². The number of hydrogen-bond acceptors (Lipinski definition) is 4. The molecule has 31 heavy (non-hydrogen) atoms. The van der Waals surface area contributed by atoms with Crippen LogP contribution in [0, 0.1) is 0 Å². The van der Waals surface area contributed by atoms with E-state index >= 15 is 0 Å². The number of aliphatic imine (C=N–C) groups is 1. The number of carbonyl (C=O) groups excluding carboxylic acids is 1. The summed E-state index contributed by atoms with van der Waals surface area (Å²) >= 11 is 0. The van der Waals surface area contributed by atoms with Crippen molar-refractivity contribution in [1.29, 1.82) is 0 Å². The Balaban J connectivity index is 1.45. The van der Waals surface area contributed by atoms with Crippen LogP contribution in [-0.2, 0) is 11.3 Å². The van der Waals surface area contributed by atoms with E-state index < -0.39 is 0 Å². The van der Waals surface area contributed by atoms with Gasteiger partial charge < -0.3 is 10.2 Å². The number of carbonyl (C=O) groups is 1. The van der Waals surface area contributed by atoms with Crippen molar-refractivity contribution in [1.82, 2.24) is 20.2 Å². The summed E-state index contributed by atoms with van der Waals surface area (Å²) in [4.78, 5) is 19.1. The molecule has 1 N–H and O–H groups in total. The summed E-state index contributed by atoms with van der Waals surface area (Å²) in [5, 5.41) is 7.31. The van der Waals surface area contributed by atoms with Crippen molar-refractivity contribution in [3.63, 3.8) is 0 Å². The molecule has 1 aliphatic heterocycles. The van der Waals surface area contributed by atoms with Gasteiger partial charge in [-0.15, -0.1) is 0 Å². The molecule has 0 radical (unpaired) electrons. The molecular weight excluding hydrogens is 386 g/mol. The van der Waals surface area contributed by atoms with Crippen LogP contribution in [0.4, 0.5) is 0 Å². The molecule has 1 fully saturated rings. The molecule has 2 aliphatic rings. The maximum absolute atomic E-state index is 12.9. The van der Waals surface area contributed by atoms with Crippen LogP contribution in [0.5, 0.6) is 0 Å². The van der Waals surface area contributed by atoms with Crippen LogP contribution in [0.25, 0.3) is 0 Å². The number of rotatable bonds is 11. The third-order valence-corrected chi connectivity index (χ3v) is 5.74. The first-order valence-corrected chi connectivity index (χ1v) is 11.1. The summed E-state index contributed by atoms with van der Waals surface area (Å²) in [7, 11) is 3.76. The molecule has 0 bridgehead atoms. The second-order valence-electron chi connectivity index (χ2n) is 8.13. The molecule has 1 atom stereocenters. The number of nitrogens with one attached hydrogen (secondary N) is 1. The van der Waals surface area contributed by atoms with Crippen molar-refractivity contribution in [2.75, 3.05) is 33.7 Å². The highest BCUT2D eigenvalue weighted by molar-refractivity contribution is 5.83. The SMILES string of the molecule is C=C(CCN[C@H]1CCN(N(C)Cc2ccccc2)C1=O)N(C=NC)CC1=CCCC=C1. The van der Waals surface area contributed by atoms with Crippen molar-refractivity contribution < 1.29 is 4.79 Å². The maximum atomic E-state index is 12.9. The Morgan fingerprint density at radius 3 is 2.81 bits per heavy atom. The van der Waals surface area contributed by atoms with E-state index in [9.17, 15) is 4.79 Å². The summed E-state index contributed by atoms with van der Waals surface area (Å²) in [6.07, 6.45) is 12.3. The lowest BCUT2D eigenvalue weighted by atomic mass is 10.1. The van der Waals surface area contributed by atoms with Crippen LogP contribution in [0.15, 0.2) is 71.4 Å². The Morgan fingerprint density at radius 2 is 2.10 bits per heavy atom. The van der Waals surface area contributed by atoms with Crippen molar-refractivity contribution in [3.8, 4) is 0 Å². The quantitative estimate of drug-likeness (QED) is 0.440. The highest BCUT2D eigenvalue weighted by atomic mass is 16.2. The monoisotopic (exact) mass is 421 g/mol. The Bertz CT molecular complexity index is 830. The van der Waals surface area contributed by atoms with E-state index in [0.29, 0.717) is 6.54 Å². The first kappa shape index (κ1) is 23.0. The molecule has 6 nitrogen and oxygen atoms in total. The van der Waals surface area contributed by atoms with E-state index in [-0.39, 0.29) is 11.9 Å². The van der Waals surface area contributed by atoms with Gasteiger partial charge in [0, 0.05) is 46.0 Å². The van der Waals surface area contributed by atoms with Crippen molar-refractivity contribution >= 4 is 12.2 Å². The smallest absolute Gasteiger partial charge is 0.254 e. The summed E-state index contributed by atoms with van der Waals surface area (Å²) in [5.74, 6) is 0.147. The fraction of sp³-hybridized carbons (Fsp3) is 0.440. The minimum Gasteiger partial charge on any atom is -0.333 e. The minimum atomic E-state index is -0.136. The zero-order valence-electron chi connectivity index (χ0n) is 18.8. The normalized spacial score (nSPS) is 18.8. The third-order valence-electron chi connectivity index (χ3n) is 5.74. The molecular formula is C25H35N5O. The molecule has 166 valence electrons. The summed E-state index contributed by atoms with van der Waals surface area (Å²) < 4.78 is 0. The molecule has 1 saturated heterocycles. The minimum absolute atomic E-state index is 0.136. The Hall–Kier alpha value is -2.70. The Kier molecular flexibility index (Phi) is 8.62. The predicted molar refractivity (Wildman–Crippen MR) is 127 cm³/mol. The molecule has 0 spiro atoms. The fourth-order valence-electron chi connectivity index (χ4n) is 4.02. The molecule has 6 heteroatoms. The van der Waals surface area contributed by atoms with Gasteiger partial charge in [0.25, 0.3) is 5.91 Å². The molecule has 0 aromatic heterocycles. The molecule has 1 heterocycles. The average molecular weight is 422 g/mol. The molecule has 3 rings (SSSR count). The van der Waals surface area contributed by atoms with Crippen LogP contribution >= 0.6 is 0 Å². The third kappa shape index (κ3) is 6.64. The van der Waals surface area contributed by atoms with Gasteiger partial charge >= 0.3 is 0 Å². The van der Waals surface area contributed by atoms with E-state index in [2.05, 4.69) is 52.1 Å². The van der Waals surface area contributed by atoms with Crippen LogP contribution < -0.4 is 5.32 Å². The number of hydrazine groups is 1. The molecule has 0 saturated carbocycles. The lowest BCUT2D eigenvalue weighted by Crippen LogP contribution is -2.45. The molecule has 0 unspecified atom stereocenters. The van der Waals surface area contributed by atoms with Gasteiger partial charge in [0.2, 0.25) is 0 Å². The van der Waals surface area contributed by atoms with Gasteiger partial charge in [0.15, 0.2) is 0 Å². The van der Waals surface area contributed by atoms with E-state index in [4.69, 9.17) is 0 Å². The van der Waals surface area contributed by atoms with Crippen LogP contribution in [-0.4, -0.2) is 66.9 Å². The largest absolute Gasteiger partial charge is 0.333 e. The fourth-order valence-corrected chi connectivity index (χ4v) is 4.02. The molecule has 1 aliphatic carbocycles. The van der Waals surface area contributed by atoms with Gasteiger partial charge in [-0.3, -0.25) is 14.8 Å². The van der Waals surface area contributed by atoms with Gasteiger partial charge in [0.05, 0.1) is 12.4 Å². The van der Waals surface area contributed by atoms with Crippen LogP contribution in [0.3, 0.4) is 0 Å². The van der Waals surface area contributed by atoms with Gasteiger partial charge in [-0.25, -0.2) is 5.01 Å². The second kappa shape index (κ2) is 11.6. The van der Waals surface area contributed by atoms with Crippen molar-refractivity contribution in [2.45, 2.75) is 38.3 Å². The molecule has 1 aromatic rings.